The van der Waals surface area contributed by atoms with E-state index in [1.165, 1.54) is 24.1 Å². The number of Topliss-reactive ketones (excluding diaryl/α,β-unsaturated/α-hetero) is 1. The molecule has 33 heavy (non-hydrogen) atoms. The largest absolute Gasteiger partial charge is 0.507 e. The van der Waals surface area contributed by atoms with Crippen molar-refractivity contribution in [3.05, 3.63) is 99.3 Å². The van der Waals surface area contributed by atoms with E-state index in [0.29, 0.717) is 16.9 Å². The molecule has 0 radical (unpaired) electrons. The lowest BCUT2D eigenvalue weighted by atomic mass is 9.93. The molecule has 1 aliphatic heterocycles. The molecule has 0 saturated carbocycles. The molecule has 0 bridgehead atoms. The maximum absolute atomic E-state index is 13.8. The van der Waals surface area contributed by atoms with Gasteiger partial charge in [0, 0.05) is 5.69 Å². The van der Waals surface area contributed by atoms with Crippen LogP contribution in [-0.2, 0) is 9.59 Å². The van der Waals surface area contributed by atoms with Crippen LogP contribution in [0, 0.1) is 19.7 Å². The summed E-state index contributed by atoms with van der Waals surface area (Å²) in [4.78, 5) is 27.7. The van der Waals surface area contributed by atoms with Crippen LogP contribution in [0.2, 0.25) is 5.02 Å². The molecule has 3 aromatic rings. The van der Waals surface area contributed by atoms with Crippen molar-refractivity contribution < 1.29 is 23.8 Å². The minimum absolute atomic E-state index is 0.0880. The van der Waals surface area contributed by atoms with Crippen molar-refractivity contribution in [2.45, 2.75) is 19.9 Å². The van der Waals surface area contributed by atoms with Gasteiger partial charge in [0.25, 0.3) is 11.7 Å². The molecule has 168 valence electrons. The average molecular weight is 466 g/mol. The number of hydrogen-bond acceptors (Lipinski definition) is 4. The zero-order valence-electron chi connectivity index (χ0n) is 18.2. The van der Waals surface area contributed by atoms with Crippen LogP contribution in [0.4, 0.5) is 10.1 Å². The molecule has 1 N–H and O–H groups in total. The summed E-state index contributed by atoms with van der Waals surface area (Å²) in [5, 5.41) is 11.2. The van der Waals surface area contributed by atoms with Gasteiger partial charge in [-0.25, -0.2) is 4.39 Å². The van der Waals surface area contributed by atoms with Gasteiger partial charge < -0.3 is 9.84 Å². The second-order valence-corrected chi connectivity index (χ2v) is 8.25. The van der Waals surface area contributed by atoms with Gasteiger partial charge in [-0.05, 0) is 54.8 Å². The van der Waals surface area contributed by atoms with E-state index in [0.717, 1.165) is 17.2 Å². The number of nitrogens with zero attached hydrogens (tertiary/aromatic N) is 1. The first-order chi connectivity index (χ1) is 15.7. The quantitative estimate of drug-likeness (QED) is 0.303. The lowest BCUT2D eigenvalue weighted by Crippen LogP contribution is -2.29. The summed E-state index contributed by atoms with van der Waals surface area (Å²) in [6.45, 7) is 3.69. The third-order valence-corrected chi connectivity index (χ3v) is 5.91. The zero-order chi connectivity index (χ0) is 23.9. The number of carbonyl (C=O) groups excluding carboxylic acids is 2. The van der Waals surface area contributed by atoms with Gasteiger partial charge >= 0.3 is 0 Å². The molecule has 1 heterocycles. The third-order valence-electron chi connectivity index (χ3n) is 5.62. The summed E-state index contributed by atoms with van der Waals surface area (Å²) in [6, 6.07) is 15.3. The van der Waals surface area contributed by atoms with E-state index in [1.54, 1.807) is 36.4 Å². The van der Waals surface area contributed by atoms with Gasteiger partial charge in [-0.2, -0.15) is 0 Å². The van der Waals surface area contributed by atoms with Gasteiger partial charge in [0.1, 0.15) is 17.3 Å². The van der Waals surface area contributed by atoms with E-state index >= 15 is 0 Å². The number of halogens is 2. The van der Waals surface area contributed by atoms with E-state index in [2.05, 4.69) is 0 Å². The molecular formula is C26H21ClFNO4. The van der Waals surface area contributed by atoms with E-state index in [-0.39, 0.29) is 22.0 Å². The van der Waals surface area contributed by atoms with Gasteiger partial charge in [0.2, 0.25) is 0 Å². The van der Waals surface area contributed by atoms with Gasteiger partial charge in [0.05, 0.1) is 29.3 Å². The van der Waals surface area contributed by atoms with Crippen molar-refractivity contribution in [3.8, 4) is 5.75 Å². The Bertz CT molecular complexity index is 1300. The van der Waals surface area contributed by atoms with Crippen LogP contribution in [0.1, 0.15) is 28.3 Å². The fraction of sp³-hybridized carbons (Fsp3) is 0.154. The number of amides is 1. The maximum atomic E-state index is 13.8. The Morgan fingerprint density at radius 3 is 2.39 bits per heavy atom. The maximum Gasteiger partial charge on any atom is 0.300 e. The standard InChI is InChI=1S/C26H21ClFNO4/c1-14-11-15(2)25(33-3)18(12-14)23(30)21-22(16-7-5-4-6-8-16)29(26(32)24(21)31)17-9-10-20(28)19(27)13-17/h4-13,22,30H,1-3H3/b23-21+. The summed E-state index contributed by atoms with van der Waals surface area (Å²) < 4.78 is 19.3. The van der Waals surface area contributed by atoms with E-state index < -0.39 is 23.5 Å². The van der Waals surface area contributed by atoms with E-state index in [1.807, 2.05) is 19.9 Å². The van der Waals surface area contributed by atoms with Crippen LogP contribution in [0.15, 0.2) is 66.2 Å². The highest BCUT2D eigenvalue weighted by atomic mass is 35.5. The van der Waals surface area contributed by atoms with Gasteiger partial charge in [-0.15, -0.1) is 0 Å². The Morgan fingerprint density at radius 1 is 1.06 bits per heavy atom. The second kappa shape index (κ2) is 8.71. The molecule has 0 spiro atoms. The minimum atomic E-state index is -0.946. The van der Waals surface area contributed by atoms with Crippen molar-refractivity contribution in [3.63, 3.8) is 0 Å². The van der Waals surface area contributed by atoms with Crippen LogP contribution in [0.25, 0.3) is 5.76 Å². The molecule has 4 rings (SSSR count). The van der Waals surface area contributed by atoms with Crippen molar-refractivity contribution in [2.75, 3.05) is 12.0 Å². The van der Waals surface area contributed by atoms with Crippen molar-refractivity contribution >= 4 is 34.7 Å². The highest BCUT2D eigenvalue weighted by molar-refractivity contribution is 6.51. The van der Waals surface area contributed by atoms with Crippen LogP contribution in [-0.4, -0.2) is 23.9 Å². The van der Waals surface area contributed by atoms with Crippen LogP contribution >= 0.6 is 11.6 Å². The molecule has 1 atom stereocenters. The number of rotatable bonds is 4. The van der Waals surface area contributed by atoms with Gasteiger partial charge in [-0.3, -0.25) is 14.5 Å². The Hall–Kier alpha value is -3.64. The predicted molar refractivity (Wildman–Crippen MR) is 125 cm³/mol. The lowest BCUT2D eigenvalue weighted by molar-refractivity contribution is -0.132. The molecule has 7 heteroatoms. The fourth-order valence-corrected chi connectivity index (χ4v) is 4.41. The first kappa shape index (κ1) is 22.6. The smallest absolute Gasteiger partial charge is 0.300 e. The number of ketones is 1. The Labute approximate surface area is 195 Å². The molecule has 1 unspecified atom stereocenters. The highest BCUT2D eigenvalue weighted by Crippen LogP contribution is 2.44. The number of anilines is 1. The van der Waals surface area contributed by atoms with Crippen LogP contribution in [0.3, 0.4) is 0 Å². The zero-order valence-corrected chi connectivity index (χ0v) is 19.0. The number of benzene rings is 3. The number of aryl methyl sites for hydroxylation is 2. The molecule has 5 nitrogen and oxygen atoms in total. The first-order valence-corrected chi connectivity index (χ1v) is 10.6. The molecule has 1 aliphatic rings. The van der Waals surface area contributed by atoms with Gasteiger partial charge in [0.15, 0.2) is 0 Å². The van der Waals surface area contributed by atoms with Gasteiger partial charge in [-0.1, -0.05) is 48.0 Å². The molecule has 3 aromatic carbocycles. The Balaban J connectivity index is 2.00. The second-order valence-electron chi connectivity index (χ2n) is 7.84. The monoisotopic (exact) mass is 465 g/mol. The molecular weight excluding hydrogens is 445 g/mol. The Kier molecular flexibility index (Phi) is 5.95. The number of ether oxygens (including phenoxy) is 1. The summed E-state index contributed by atoms with van der Waals surface area (Å²) in [7, 11) is 1.47. The number of methoxy groups -OCH3 is 1. The molecule has 0 aliphatic carbocycles. The summed E-state index contributed by atoms with van der Waals surface area (Å²) in [6.07, 6.45) is 0. The van der Waals surface area contributed by atoms with Crippen molar-refractivity contribution in [2.24, 2.45) is 0 Å². The molecule has 1 saturated heterocycles. The predicted octanol–water partition coefficient (Wildman–Crippen LogP) is 5.73. The molecule has 0 aromatic heterocycles. The summed E-state index contributed by atoms with van der Waals surface area (Å²) in [5.41, 5.74) is 2.69. The van der Waals surface area contributed by atoms with Crippen molar-refractivity contribution in [1.82, 2.24) is 0 Å². The van der Waals surface area contributed by atoms with Crippen LogP contribution < -0.4 is 9.64 Å². The average Bonchev–Trinajstić information content (AvgIpc) is 3.06. The number of aliphatic hydroxyl groups excluding tert-OH is 1. The minimum Gasteiger partial charge on any atom is -0.507 e. The first-order valence-electron chi connectivity index (χ1n) is 10.2. The number of hydrogen-bond donors (Lipinski definition) is 1. The summed E-state index contributed by atoms with van der Waals surface area (Å²) in [5.74, 6) is -2.30. The normalized spacial score (nSPS) is 17.5. The summed E-state index contributed by atoms with van der Waals surface area (Å²) >= 11 is 5.96. The number of aliphatic hydroxyl groups is 1. The molecule has 1 amide bonds. The van der Waals surface area contributed by atoms with E-state index in [4.69, 9.17) is 16.3 Å². The van der Waals surface area contributed by atoms with Crippen molar-refractivity contribution in [1.29, 1.82) is 0 Å². The fourth-order valence-electron chi connectivity index (χ4n) is 4.23. The highest BCUT2D eigenvalue weighted by Gasteiger charge is 2.47. The number of carbonyl (C=O) groups is 2. The lowest BCUT2D eigenvalue weighted by Gasteiger charge is -2.26. The SMILES string of the molecule is COc1c(C)cc(C)cc1/C(O)=C1\C(=O)C(=O)N(c2ccc(F)c(Cl)c2)C1c1ccccc1. The van der Waals surface area contributed by atoms with E-state index in [9.17, 15) is 19.1 Å². The molecule has 1 fully saturated rings. The van der Waals surface area contributed by atoms with Crippen LogP contribution in [0.5, 0.6) is 5.75 Å². The third kappa shape index (κ3) is 3.87. The Morgan fingerprint density at radius 2 is 1.76 bits per heavy atom. The topological polar surface area (TPSA) is 66.8 Å².